The van der Waals surface area contributed by atoms with Crippen LogP contribution in [0.2, 0.25) is 0 Å². The summed E-state index contributed by atoms with van der Waals surface area (Å²) in [6.07, 6.45) is -1.82. The standard InChI is InChI=1S/C19H21BrFNO5/c1-25-14-9-13(10-15(26-2)16(14)27-3)17(23)19(20,21)18(24)22-11-12-7-5-4-6-8-12/h4-10,17,23H,11H2,1-3H3,(H,22,24). The molecule has 0 aliphatic heterocycles. The van der Waals surface area contributed by atoms with Crippen LogP contribution in [0.4, 0.5) is 4.39 Å². The number of ether oxygens (including phenoxy) is 3. The third-order valence-electron chi connectivity index (χ3n) is 3.94. The van der Waals surface area contributed by atoms with Gasteiger partial charge in [0, 0.05) is 6.54 Å². The van der Waals surface area contributed by atoms with Crippen molar-refractivity contribution >= 4 is 21.8 Å². The molecule has 1 amide bonds. The summed E-state index contributed by atoms with van der Waals surface area (Å²) in [5.41, 5.74) is 0.884. The molecule has 0 bridgehead atoms. The van der Waals surface area contributed by atoms with E-state index >= 15 is 4.39 Å². The first-order valence-electron chi connectivity index (χ1n) is 8.03. The molecule has 8 heteroatoms. The average Bonchev–Trinajstić information content (AvgIpc) is 2.70. The second-order valence-corrected chi connectivity index (χ2v) is 6.81. The van der Waals surface area contributed by atoms with Gasteiger partial charge in [0.25, 0.3) is 10.5 Å². The van der Waals surface area contributed by atoms with Crippen LogP contribution in [-0.2, 0) is 11.3 Å². The van der Waals surface area contributed by atoms with E-state index in [9.17, 15) is 9.90 Å². The number of amides is 1. The minimum Gasteiger partial charge on any atom is -0.493 e. The van der Waals surface area contributed by atoms with Gasteiger partial charge in [-0.3, -0.25) is 4.79 Å². The van der Waals surface area contributed by atoms with E-state index in [0.29, 0.717) is 5.75 Å². The first kappa shape index (κ1) is 21.0. The van der Waals surface area contributed by atoms with Gasteiger partial charge in [0.1, 0.15) is 6.10 Å². The summed E-state index contributed by atoms with van der Waals surface area (Å²) < 4.78 is 27.9. The molecule has 0 aliphatic rings. The number of hydrogen-bond acceptors (Lipinski definition) is 5. The normalized spacial score (nSPS) is 14.0. The van der Waals surface area contributed by atoms with Crippen molar-refractivity contribution in [3.8, 4) is 17.2 Å². The van der Waals surface area contributed by atoms with E-state index in [-0.39, 0.29) is 23.6 Å². The average molecular weight is 442 g/mol. The number of nitrogens with one attached hydrogen (secondary N) is 1. The highest BCUT2D eigenvalue weighted by Gasteiger charge is 2.44. The minimum absolute atomic E-state index is 0.0822. The van der Waals surface area contributed by atoms with Crippen molar-refractivity contribution in [2.45, 2.75) is 17.2 Å². The van der Waals surface area contributed by atoms with Crippen molar-refractivity contribution in [1.82, 2.24) is 5.32 Å². The van der Waals surface area contributed by atoms with E-state index in [0.717, 1.165) is 5.56 Å². The first-order chi connectivity index (χ1) is 12.8. The molecule has 2 unspecified atom stereocenters. The number of carbonyl (C=O) groups excluding carboxylic acids is 1. The van der Waals surface area contributed by atoms with Crippen LogP contribution in [-0.4, -0.2) is 36.9 Å². The number of aliphatic hydroxyl groups is 1. The molecule has 2 rings (SSSR count). The van der Waals surface area contributed by atoms with Gasteiger partial charge in [-0.15, -0.1) is 0 Å². The number of benzene rings is 2. The fraction of sp³-hybridized carbons (Fsp3) is 0.316. The summed E-state index contributed by atoms with van der Waals surface area (Å²) in [6.45, 7) is 0.124. The molecule has 0 fully saturated rings. The summed E-state index contributed by atoms with van der Waals surface area (Å²) in [7, 11) is 4.23. The Hall–Kier alpha value is -2.32. The highest BCUT2D eigenvalue weighted by atomic mass is 79.9. The predicted molar refractivity (Wildman–Crippen MR) is 102 cm³/mol. The molecular weight excluding hydrogens is 421 g/mol. The van der Waals surface area contributed by atoms with Gasteiger partial charge in [-0.25, -0.2) is 4.39 Å². The quantitative estimate of drug-likeness (QED) is 0.615. The van der Waals surface area contributed by atoms with Gasteiger partial charge in [0.2, 0.25) is 5.75 Å². The summed E-state index contributed by atoms with van der Waals surface area (Å²) in [6, 6.07) is 11.8. The number of halogens is 2. The van der Waals surface area contributed by atoms with Crippen molar-refractivity contribution in [2.75, 3.05) is 21.3 Å². The third-order valence-corrected chi connectivity index (χ3v) is 4.74. The number of carbonyl (C=O) groups is 1. The number of alkyl halides is 2. The highest BCUT2D eigenvalue weighted by Crippen LogP contribution is 2.43. The van der Waals surface area contributed by atoms with E-state index in [4.69, 9.17) is 14.2 Å². The molecule has 2 aromatic rings. The Morgan fingerprint density at radius 1 is 1.15 bits per heavy atom. The maximum atomic E-state index is 15.1. The molecule has 6 nitrogen and oxygen atoms in total. The predicted octanol–water partition coefficient (Wildman–Crippen LogP) is 3.12. The Morgan fingerprint density at radius 2 is 1.70 bits per heavy atom. The molecule has 146 valence electrons. The zero-order valence-electron chi connectivity index (χ0n) is 15.2. The minimum atomic E-state index is -2.76. The lowest BCUT2D eigenvalue weighted by Gasteiger charge is -2.25. The largest absolute Gasteiger partial charge is 0.493 e. The van der Waals surface area contributed by atoms with Crippen molar-refractivity contribution in [3.63, 3.8) is 0 Å². The lowest BCUT2D eigenvalue weighted by molar-refractivity contribution is -0.132. The Balaban J connectivity index is 2.23. The lowest BCUT2D eigenvalue weighted by atomic mass is 10.0. The number of aliphatic hydroxyl groups excluding tert-OH is 1. The fourth-order valence-corrected chi connectivity index (χ4v) is 2.89. The second kappa shape index (κ2) is 9.05. The molecule has 0 saturated carbocycles. The Bertz CT molecular complexity index is 760. The van der Waals surface area contributed by atoms with Gasteiger partial charge in [0.05, 0.1) is 21.3 Å². The summed E-state index contributed by atoms with van der Waals surface area (Å²) in [4.78, 5) is 12.3. The molecule has 0 aliphatic carbocycles. The fourth-order valence-electron chi connectivity index (χ4n) is 2.49. The summed E-state index contributed by atoms with van der Waals surface area (Å²) in [5.74, 6) is -0.242. The second-order valence-electron chi connectivity index (χ2n) is 5.65. The smallest absolute Gasteiger partial charge is 0.272 e. The van der Waals surface area contributed by atoms with Crippen LogP contribution in [0.25, 0.3) is 0 Å². The van der Waals surface area contributed by atoms with Gasteiger partial charge in [-0.05, 0) is 39.2 Å². The molecule has 2 N–H and O–H groups in total. The van der Waals surface area contributed by atoms with E-state index in [1.54, 1.807) is 12.1 Å². The third kappa shape index (κ3) is 4.70. The maximum Gasteiger partial charge on any atom is 0.272 e. The monoisotopic (exact) mass is 441 g/mol. The molecule has 2 aromatic carbocycles. The molecular formula is C19H21BrFNO5. The van der Waals surface area contributed by atoms with Crippen LogP contribution in [0.3, 0.4) is 0 Å². The van der Waals surface area contributed by atoms with E-state index in [1.165, 1.54) is 33.5 Å². The number of methoxy groups -OCH3 is 3. The molecule has 0 heterocycles. The molecule has 2 atom stereocenters. The van der Waals surface area contributed by atoms with Crippen LogP contribution in [0.15, 0.2) is 42.5 Å². The van der Waals surface area contributed by atoms with Gasteiger partial charge in [-0.2, -0.15) is 0 Å². The van der Waals surface area contributed by atoms with Crippen LogP contribution < -0.4 is 19.5 Å². The van der Waals surface area contributed by atoms with Crippen LogP contribution in [0.5, 0.6) is 17.2 Å². The van der Waals surface area contributed by atoms with Crippen molar-refractivity contribution in [1.29, 1.82) is 0 Å². The summed E-state index contributed by atoms with van der Waals surface area (Å²) in [5, 5.41) is 12.9. The van der Waals surface area contributed by atoms with E-state index < -0.39 is 16.6 Å². The van der Waals surface area contributed by atoms with Crippen molar-refractivity contribution in [3.05, 3.63) is 53.6 Å². The molecule has 0 radical (unpaired) electrons. The Morgan fingerprint density at radius 3 is 2.19 bits per heavy atom. The number of hydrogen-bond donors (Lipinski definition) is 2. The molecule has 0 saturated heterocycles. The van der Waals surface area contributed by atoms with Crippen LogP contribution in [0, 0.1) is 0 Å². The van der Waals surface area contributed by atoms with Crippen LogP contribution >= 0.6 is 15.9 Å². The van der Waals surface area contributed by atoms with Crippen molar-refractivity contribution < 1.29 is 28.5 Å². The van der Waals surface area contributed by atoms with Gasteiger partial charge in [0.15, 0.2) is 11.5 Å². The van der Waals surface area contributed by atoms with E-state index in [2.05, 4.69) is 21.2 Å². The Kier molecular flexibility index (Phi) is 7.04. The molecule has 27 heavy (non-hydrogen) atoms. The van der Waals surface area contributed by atoms with Crippen LogP contribution in [0.1, 0.15) is 17.2 Å². The zero-order chi connectivity index (χ0) is 20.0. The summed E-state index contributed by atoms with van der Waals surface area (Å²) >= 11 is 2.71. The lowest BCUT2D eigenvalue weighted by Crippen LogP contribution is -2.42. The van der Waals surface area contributed by atoms with E-state index in [1.807, 2.05) is 18.2 Å². The molecule has 0 spiro atoms. The Labute approximate surface area is 165 Å². The first-order valence-corrected chi connectivity index (χ1v) is 8.82. The SMILES string of the molecule is COc1cc(C(O)C(F)(Br)C(=O)NCc2ccccc2)cc(OC)c1OC. The zero-order valence-corrected chi connectivity index (χ0v) is 16.7. The number of rotatable bonds is 8. The highest BCUT2D eigenvalue weighted by molar-refractivity contribution is 9.10. The molecule has 0 aromatic heterocycles. The van der Waals surface area contributed by atoms with Crippen molar-refractivity contribution in [2.24, 2.45) is 0 Å². The van der Waals surface area contributed by atoms with Gasteiger partial charge < -0.3 is 24.6 Å². The van der Waals surface area contributed by atoms with Gasteiger partial charge in [-0.1, -0.05) is 30.3 Å². The topological polar surface area (TPSA) is 77.0 Å². The van der Waals surface area contributed by atoms with Gasteiger partial charge >= 0.3 is 0 Å². The maximum absolute atomic E-state index is 15.1.